The van der Waals surface area contributed by atoms with Crippen molar-refractivity contribution in [3.63, 3.8) is 0 Å². The average molecular weight is 2250 g/mol. The summed E-state index contributed by atoms with van der Waals surface area (Å²) in [5.41, 5.74) is 21.8. The van der Waals surface area contributed by atoms with Crippen LogP contribution in [0.15, 0.2) is 340 Å². The molecule has 0 aliphatic rings. The van der Waals surface area contributed by atoms with Gasteiger partial charge >= 0.3 is 0 Å². The van der Waals surface area contributed by atoms with Crippen LogP contribution in [0.5, 0.6) is 46.0 Å². The van der Waals surface area contributed by atoms with Crippen LogP contribution in [0.2, 0.25) is 0 Å². The minimum atomic E-state index is 0. The summed E-state index contributed by atoms with van der Waals surface area (Å²) in [5.74, 6) is 7.70. The maximum absolute atomic E-state index is 6.59. The Morgan fingerprint density at radius 1 is 0.231 bits per heavy atom. The van der Waals surface area contributed by atoms with Gasteiger partial charge in [-0.3, -0.25) is 0 Å². The summed E-state index contributed by atoms with van der Waals surface area (Å²) >= 11 is 0. The number of pyridine rings is 3. The van der Waals surface area contributed by atoms with E-state index in [1.54, 1.807) is 12.4 Å². The van der Waals surface area contributed by atoms with Crippen molar-refractivity contribution in [3.05, 3.63) is 369 Å². The van der Waals surface area contributed by atoms with E-state index < -0.39 is 0 Å². The van der Waals surface area contributed by atoms with Crippen LogP contribution in [0.4, 0.5) is 0 Å². The summed E-state index contributed by atoms with van der Waals surface area (Å²) in [7, 11) is 0. The van der Waals surface area contributed by atoms with E-state index >= 15 is 0 Å². The predicted molar refractivity (Wildman–Crippen MR) is 530 cm³/mol. The molecule has 0 aliphatic carbocycles. The average Bonchev–Trinajstić information content (AvgIpc) is 0.806. The Morgan fingerprint density at radius 3 is 0.762 bits per heavy atom. The number of hydrogen-bond acceptors (Lipinski definition) is 8. The molecule has 0 aliphatic heterocycles. The van der Waals surface area contributed by atoms with Gasteiger partial charge in [-0.05, 0) is 268 Å². The zero-order valence-corrected chi connectivity index (χ0v) is 83.9. The third kappa shape index (κ3) is 30.6. The van der Waals surface area contributed by atoms with Crippen molar-refractivity contribution in [1.82, 2.24) is 15.0 Å². The van der Waals surface area contributed by atoms with Gasteiger partial charge in [0.05, 0.1) is 12.2 Å². The Bertz CT molecular complexity index is 5530. The largest absolute Gasteiger partial charge is 0.490 e. The first-order valence-corrected chi connectivity index (χ1v) is 46.7. The van der Waals surface area contributed by atoms with Crippen LogP contribution in [0, 0.1) is 18.2 Å². The van der Waals surface area contributed by atoms with Gasteiger partial charge < -0.3 is 38.6 Å². The summed E-state index contributed by atoms with van der Waals surface area (Å²) in [6.07, 6.45) is 30.1. The predicted octanol–water partition coefficient (Wildman–Crippen LogP) is 34.6. The van der Waals surface area contributed by atoms with E-state index in [4.69, 9.17) is 23.7 Å². The Balaban J connectivity index is 0.000000205. The number of aromatic nitrogens is 3. The molecule has 4 unspecified atom stereocenters. The number of hydrogen-bond donors (Lipinski definition) is 0. The Morgan fingerprint density at radius 2 is 0.500 bits per heavy atom. The number of ether oxygens (including phenoxy) is 5. The number of rotatable bonds is 41. The van der Waals surface area contributed by atoms with Crippen molar-refractivity contribution < 1.29 is 84.0 Å². The van der Waals surface area contributed by atoms with Gasteiger partial charge in [-0.25, -0.2) is 0 Å². The van der Waals surface area contributed by atoms with Gasteiger partial charge in [0.2, 0.25) is 0 Å². The van der Waals surface area contributed by atoms with Crippen LogP contribution < -0.4 is 23.7 Å². The second kappa shape index (κ2) is 54.6. The molecule has 130 heavy (non-hydrogen) atoms. The van der Waals surface area contributed by atoms with Crippen molar-refractivity contribution in [2.75, 3.05) is 0 Å². The first-order chi connectivity index (χ1) is 62.5. The summed E-state index contributed by atoms with van der Waals surface area (Å²) in [6, 6.07) is 121. The van der Waals surface area contributed by atoms with Crippen LogP contribution in [-0.2, 0) is 60.3 Å². The molecule has 3 radical (unpaired) electrons. The molecule has 4 atom stereocenters. The van der Waals surface area contributed by atoms with E-state index in [-0.39, 0.29) is 72.5 Å². The van der Waals surface area contributed by atoms with Gasteiger partial charge in [-0.1, -0.05) is 289 Å². The molecule has 0 amide bonds. The van der Waals surface area contributed by atoms with E-state index in [0.717, 1.165) is 161 Å². The molecule has 3 heterocycles. The smallest absolute Gasteiger partial charge is 0.126 e. The number of unbranched alkanes of at least 4 members (excludes halogenated alkanes) is 8. The van der Waals surface area contributed by atoms with Crippen LogP contribution in [-0.4, -0.2) is 27.2 Å². The van der Waals surface area contributed by atoms with Crippen molar-refractivity contribution in [2.24, 2.45) is 0 Å². The van der Waals surface area contributed by atoms with E-state index in [0.29, 0.717) is 11.8 Å². The molecule has 675 valence electrons. The zero-order valence-electron chi connectivity index (χ0n) is 76.7. The molecule has 0 fully saturated rings. The van der Waals surface area contributed by atoms with Crippen molar-refractivity contribution in [1.29, 1.82) is 0 Å². The Labute approximate surface area is 816 Å². The summed E-state index contributed by atoms with van der Waals surface area (Å²) in [4.78, 5) is 13.4. The molecule has 0 saturated heterocycles. The fourth-order valence-corrected chi connectivity index (χ4v) is 16.3. The molecule has 0 saturated carbocycles. The third-order valence-electron chi connectivity index (χ3n) is 23.7. The molecule has 15 rings (SSSR count). The van der Waals surface area contributed by atoms with Crippen molar-refractivity contribution in [2.45, 2.75) is 208 Å². The fraction of sp³-hybridized carbons (Fsp3) is 0.269. The monoisotopic (exact) mass is 2250 g/mol. The van der Waals surface area contributed by atoms with Gasteiger partial charge in [0.1, 0.15) is 28.7 Å². The van der Waals surface area contributed by atoms with Crippen LogP contribution in [0.1, 0.15) is 207 Å². The molecular formula is C119H124Ir3N3O5-3. The Hall–Kier alpha value is -11.0. The normalized spacial score (nSPS) is 11.7. The molecule has 12 aromatic carbocycles. The van der Waals surface area contributed by atoms with Gasteiger partial charge in [0.25, 0.3) is 0 Å². The van der Waals surface area contributed by atoms with Gasteiger partial charge in [-0.2, -0.15) is 0 Å². The third-order valence-corrected chi connectivity index (χ3v) is 23.7. The van der Waals surface area contributed by atoms with Crippen LogP contribution in [0.25, 0.3) is 101 Å². The summed E-state index contributed by atoms with van der Waals surface area (Å²) in [5, 5.41) is 0. The summed E-state index contributed by atoms with van der Waals surface area (Å²) in [6.45, 7) is 18.1. The molecule has 0 N–H and O–H groups in total. The minimum absolute atomic E-state index is 0. The van der Waals surface area contributed by atoms with Gasteiger partial charge in [0.15, 0.2) is 0 Å². The fourth-order valence-electron chi connectivity index (χ4n) is 16.3. The standard InChI is InChI=1S/C45H52NO3.C45H52NO.C29H20NO.3Ir/c1-5-9-11-17-39(7-3)47-41-25-21-34(22-26-41)37-30-38(35-23-27-42(28-24-35)48-40(8-4)18-12-10-6-2)33-44(32-37)49-43-19-15-16-36(31-43)45-20-13-14-29-46-45;1-5-9-11-16-34(7-3)36-21-25-38(26-22-36)41-30-42(39-27-23-37(24-28-39)35(8-4)17-12-10-6-2)33-44(32-41)47-43-19-15-18-40(31-43)45-20-13-14-29-46-45;1-3-10-22(11-4-1)25-18-26(23-12-5-2-6-13-23)21-28(20-25)31-27-15-9-14-24(19-27)29-16-7-8-17-30-29;;;/h13-15,19-33,39-40H,5-12,17-18H2,1-4H3;13-15,19-35H,5-12,16-17H2,1-4H3;1-13,15-21H;;;/q3*-1;;;. The molecule has 11 heteroatoms. The van der Waals surface area contributed by atoms with E-state index in [2.05, 4.69) is 289 Å². The maximum Gasteiger partial charge on any atom is 0.126 e. The Kier molecular flexibility index (Phi) is 42.5. The van der Waals surface area contributed by atoms with Crippen molar-refractivity contribution >= 4 is 0 Å². The van der Waals surface area contributed by atoms with Gasteiger partial charge in [0, 0.05) is 96.2 Å². The molecule has 3 aromatic heterocycles. The maximum atomic E-state index is 6.59. The van der Waals surface area contributed by atoms with Gasteiger partial charge in [-0.15, -0.1) is 89.5 Å². The van der Waals surface area contributed by atoms with E-state index in [9.17, 15) is 0 Å². The van der Waals surface area contributed by atoms with Crippen LogP contribution >= 0.6 is 0 Å². The van der Waals surface area contributed by atoms with E-state index in [1.165, 1.54) is 125 Å². The SMILES string of the molecule is CCCCCC(CC)Oc1ccc(-c2cc(Oc3cc[c-]c(-c4ccccn4)c3)cc(-c3ccc(OC(CC)CCCCC)cc3)c2)cc1.CCCCCC(CC)c1ccc(-c2cc(Oc3cc[c-]c(-c4ccccn4)c3)cc(-c3ccc(C(CC)CCCCC)cc3)c2)cc1.[Ir].[Ir].[Ir].[c-]1ccc(Oc2cc(-c3ccccc3)cc(-c3ccccc3)c2)cc1-c1ccccn1. The number of nitrogens with zero attached hydrogens (tertiary/aromatic N) is 3. The quantitative estimate of drug-likeness (QED) is 0.0277. The topological polar surface area (TPSA) is 84.8 Å². The summed E-state index contributed by atoms with van der Waals surface area (Å²) < 4.78 is 32.2. The second-order valence-electron chi connectivity index (χ2n) is 33.0. The zero-order chi connectivity index (χ0) is 88.0. The first-order valence-electron chi connectivity index (χ1n) is 46.7. The van der Waals surface area contributed by atoms with E-state index in [1.807, 2.05) is 128 Å². The molecular weight excluding hydrogens is 2130 g/mol. The first kappa shape index (κ1) is 101. The molecule has 8 nitrogen and oxygen atoms in total. The van der Waals surface area contributed by atoms with Crippen molar-refractivity contribution in [3.8, 4) is 147 Å². The van der Waals surface area contributed by atoms with Crippen LogP contribution in [0.3, 0.4) is 0 Å². The second-order valence-corrected chi connectivity index (χ2v) is 33.0. The minimum Gasteiger partial charge on any atom is -0.490 e. The molecule has 15 aromatic rings. The number of benzene rings is 12. The molecule has 0 bridgehead atoms. The molecule has 0 spiro atoms.